The molecule has 1 aromatic heterocycles. The zero-order chi connectivity index (χ0) is 15.1. The summed E-state index contributed by atoms with van der Waals surface area (Å²) in [4.78, 5) is 12.9. The van der Waals surface area contributed by atoms with Crippen LogP contribution in [0, 0.1) is 0 Å². The Kier molecular flexibility index (Phi) is 5.90. The summed E-state index contributed by atoms with van der Waals surface area (Å²) in [5, 5.41) is 6.32. The fourth-order valence-corrected chi connectivity index (χ4v) is 3.43. The van der Waals surface area contributed by atoms with Crippen molar-refractivity contribution in [2.75, 3.05) is 37.1 Å². The van der Waals surface area contributed by atoms with Crippen LogP contribution < -0.4 is 15.4 Å². The number of hydrogen-bond donors (Lipinski definition) is 2. The SMILES string of the molecule is CCCOc1nc(NC)nc(NCC2(SC)CCCC2)n1. The summed E-state index contributed by atoms with van der Waals surface area (Å²) >= 11 is 1.95. The predicted octanol–water partition coefficient (Wildman–Crippen LogP) is 2.79. The van der Waals surface area contributed by atoms with Gasteiger partial charge in [-0.25, -0.2) is 0 Å². The highest BCUT2D eigenvalue weighted by Gasteiger charge is 2.32. The van der Waals surface area contributed by atoms with Gasteiger partial charge >= 0.3 is 6.01 Å². The second-order valence-corrected chi connectivity index (χ2v) is 6.59. The van der Waals surface area contributed by atoms with Gasteiger partial charge in [0.1, 0.15) is 0 Å². The van der Waals surface area contributed by atoms with Gasteiger partial charge in [0.2, 0.25) is 11.9 Å². The fourth-order valence-electron chi connectivity index (χ4n) is 2.52. The van der Waals surface area contributed by atoms with E-state index in [1.165, 1.54) is 25.7 Å². The molecule has 0 unspecified atom stereocenters. The fraction of sp³-hybridized carbons (Fsp3) is 0.786. The van der Waals surface area contributed by atoms with Crippen molar-refractivity contribution in [2.45, 2.75) is 43.8 Å². The van der Waals surface area contributed by atoms with Crippen LogP contribution in [0.4, 0.5) is 11.9 Å². The molecule has 2 rings (SSSR count). The molecule has 7 heteroatoms. The highest BCUT2D eigenvalue weighted by molar-refractivity contribution is 8.00. The van der Waals surface area contributed by atoms with E-state index in [1.807, 2.05) is 11.8 Å². The molecule has 0 atom stereocenters. The molecule has 2 N–H and O–H groups in total. The third-order valence-electron chi connectivity index (χ3n) is 3.79. The second-order valence-electron chi connectivity index (χ2n) is 5.31. The topological polar surface area (TPSA) is 72.0 Å². The number of anilines is 2. The van der Waals surface area contributed by atoms with E-state index in [-0.39, 0.29) is 0 Å². The van der Waals surface area contributed by atoms with Crippen LogP contribution >= 0.6 is 11.8 Å². The molecule has 0 radical (unpaired) electrons. The molecule has 1 aliphatic rings. The lowest BCUT2D eigenvalue weighted by Crippen LogP contribution is -2.30. The number of rotatable bonds is 8. The van der Waals surface area contributed by atoms with Crippen molar-refractivity contribution in [2.24, 2.45) is 0 Å². The molecule has 6 nitrogen and oxygen atoms in total. The Bertz CT molecular complexity index is 451. The number of nitrogens with one attached hydrogen (secondary N) is 2. The zero-order valence-corrected chi connectivity index (χ0v) is 13.9. The van der Waals surface area contributed by atoms with Crippen LogP contribution in [0.5, 0.6) is 6.01 Å². The number of nitrogens with zero attached hydrogens (tertiary/aromatic N) is 3. The maximum atomic E-state index is 5.51. The summed E-state index contributed by atoms with van der Waals surface area (Å²) in [5.74, 6) is 1.11. The van der Waals surface area contributed by atoms with Crippen molar-refractivity contribution < 1.29 is 4.74 Å². The smallest absolute Gasteiger partial charge is 0.323 e. The summed E-state index contributed by atoms with van der Waals surface area (Å²) in [5.41, 5.74) is 0. The lowest BCUT2D eigenvalue weighted by Gasteiger charge is -2.26. The minimum Gasteiger partial charge on any atom is -0.463 e. The Morgan fingerprint density at radius 2 is 1.90 bits per heavy atom. The van der Waals surface area contributed by atoms with Gasteiger partial charge < -0.3 is 15.4 Å². The van der Waals surface area contributed by atoms with E-state index in [1.54, 1.807) is 7.05 Å². The molecule has 1 aromatic rings. The third-order valence-corrected chi connectivity index (χ3v) is 5.21. The van der Waals surface area contributed by atoms with Gasteiger partial charge in [-0.2, -0.15) is 26.7 Å². The van der Waals surface area contributed by atoms with E-state index < -0.39 is 0 Å². The average molecular weight is 311 g/mol. The molecule has 21 heavy (non-hydrogen) atoms. The van der Waals surface area contributed by atoms with Crippen LogP contribution in [-0.2, 0) is 0 Å². The van der Waals surface area contributed by atoms with Gasteiger partial charge in [0.05, 0.1) is 6.61 Å². The highest BCUT2D eigenvalue weighted by Crippen LogP contribution is 2.40. The molecule has 1 saturated carbocycles. The number of aromatic nitrogens is 3. The average Bonchev–Trinajstić information content (AvgIpc) is 3.00. The van der Waals surface area contributed by atoms with E-state index in [4.69, 9.17) is 4.74 Å². The minimum atomic E-state index is 0.316. The summed E-state index contributed by atoms with van der Waals surface area (Å²) in [6.45, 7) is 3.55. The van der Waals surface area contributed by atoms with Gasteiger partial charge in [-0.15, -0.1) is 0 Å². The van der Waals surface area contributed by atoms with Gasteiger partial charge in [0.25, 0.3) is 0 Å². The number of hydrogen-bond acceptors (Lipinski definition) is 7. The lowest BCUT2D eigenvalue weighted by molar-refractivity contribution is 0.292. The first kappa shape index (κ1) is 16.1. The van der Waals surface area contributed by atoms with Crippen molar-refractivity contribution in [1.82, 2.24) is 15.0 Å². The first-order valence-corrected chi connectivity index (χ1v) is 8.79. The molecular formula is C14H25N5OS. The molecule has 0 amide bonds. The monoisotopic (exact) mass is 311 g/mol. The Balaban J connectivity index is 2.04. The van der Waals surface area contributed by atoms with Crippen LogP contribution in [0.25, 0.3) is 0 Å². The minimum absolute atomic E-state index is 0.316. The maximum absolute atomic E-state index is 5.51. The van der Waals surface area contributed by atoms with E-state index in [9.17, 15) is 0 Å². The third kappa shape index (κ3) is 4.36. The largest absolute Gasteiger partial charge is 0.463 e. The number of ether oxygens (including phenoxy) is 1. The Labute approximate surface area is 130 Å². The summed E-state index contributed by atoms with van der Waals surface area (Å²) in [7, 11) is 1.79. The zero-order valence-electron chi connectivity index (χ0n) is 13.1. The first-order chi connectivity index (χ1) is 10.2. The van der Waals surface area contributed by atoms with Crippen LogP contribution in [-0.4, -0.2) is 46.2 Å². The lowest BCUT2D eigenvalue weighted by atomic mass is 10.1. The Hall–Kier alpha value is -1.24. The Morgan fingerprint density at radius 1 is 1.19 bits per heavy atom. The molecule has 0 aromatic carbocycles. The van der Waals surface area contributed by atoms with Crippen molar-refractivity contribution in [3.05, 3.63) is 0 Å². The van der Waals surface area contributed by atoms with Crippen molar-refractivity contribution >= 4 is 23.7 Å². The second kappa shape index (κ2) is 7.68. The maximum Gasteiger partial charge on any atom is 0.323 e. The molecule has 118 valence electrons. The molecule has 1 fully saturated rings. The van der Waals surface area contributed by atoms with Gasteiger partial charge in [0.15, 0.2) is 0 Å². The van der Waals surface area contributed by atoms with Gasteiger partial charge in [-0.05, 0) is 25.5 Å². The highest BCUT2D eigenvalue weighted by atomic mass is 32.2. The van der Waals surface area contributed by atoms with E-state index in [0.29, 0.717) is 29.3 Å². The van der Waals surface area contributed by atoms with Crippen LogP contribution in [0.15, 0.2) is 0 Å². The van der Waals surface area contributed by atoms with Crippen LogP contribution in [0.3, 0.4) is 0 Å². The van der Waals surface area contributed by atoms with E-state index >= 15 is 0 Å². The van der Waals surface area contributed by atoms with Gasteiger partial charge in [0, 0.05) is 18.3 Å². The molecule has 0 saturated heterocycles. The molecule has 0 spiro atoms. The van der Waals surface area contributed by atoms with Crippen LogP contribution in [0.2, 0.25) is 0 Å². The summed E-state index contributed by atoms with van der Waals surface area (Å²) in [6.07, 6.45) is 8.25. The normalized spacial score (nSPS) is 16.7. The van der Waals surface area contributed by atoms with Crippen molar-refractivity contribution in [3.63, 3.8) is 0 Å². The first-order valence-electron chi connectivity index (χ1n) is 7.57. The van der Waals surface area contributed by atoms with Gasteiger partial charge in [-0.1, -0.05) is 19.8 Å². The molecular weight excluding hydrogens is 286 g/mol. The quantitative estimate of drug-likeness (QED) is 0.765. The Morgan fingerprint density at radius 3 is 2.52 bits per heavy atom. The standard InChI is InChI=1S/C14H25N5OS/c1-4-9-20-13-18-11(15-2)17-12(19-13)16-10-14(21-3)7-5-6-8-14/h4-10H2,1-3H3,(H2,15,16,17,18,19). The summed E-state index contributed by atoms with van der Waals surface area (Å²) in [6, 6.07) is 0.378. The van der Waals surface area contributed by atoms with E-state index in [0.717, 1.165) is 13.0 Å². The summed E-state index contributed by atoms with van der Waals surface area (Å²) < 4.78 is 5.83. The van der Waals surface area contributed by atoms with Crippen LogP contribution in [0.1, 0.15) is 39.0 Å². The number of thioether (sulfide) groups is 1. The molecule has 1 aliphatic carbocycles. The predicted molar refractivity (Wildman–Crippen MR) is 88.4 cm³/mol. The van der Waals surface area contributed by atoms with Crippen molar-refractivity contribution in [3.8, 4) is 6.01 Å². The molecule has 0 aliphatic heterocycles. The molecule has 1 heterocycles. The van der Waals surface area contributed by atoms with Crippen molar-refractivity contribution in [1.29, 1.82) is 0 Å². The molecule has 0 bridgehead atoms. The van der Waals surface area contributed by atoms with E-state index in [2.05, 4.69) is 38.8 Å². The van der Waals surface area contributed by atoms with Gasteiger partial charge in [-0.3, -0.25) is 0 Å².